The molecule has 0 atom stereocenters. The first-order valence-electron chi connectivity index (χ1n) is 4.96. The van der Waals surface area contributed by atoms with Crippen molar-refractivity contribution in [2.45, 2.75) is 13.3 Å². The van der Waals surface area contributed by atoms with E-state index in [0.29, 0.717) is 29.8 Å². The molecule has 1 N–H and O–H groups in total. The third-order valence-corrected chi connectivity index (χ3v) is 2.49. The standard InChI is InChI=1S/C11H13BrFNO2/c1-2-16-6-5-11(15)14-8-3-4-10(13)9(12)7-8/h3-4,7H,2,5-6H2,1H3,(H,14,15). The van der Waals surface area contributed by atoms with Crippen LogP contribution < -0.4 is 5.32 Å². The third-order valence-electron chi connectivity index (χ3n) is 1.88. The molecule has 0 saturated heterocycles. The van der Waals surface area contributed by atoms with Crippen LogP contribution in [0.5, 0.6) is 0 Å². The van der Waals surface area contributed by atoms with Gasteiger partial charge in [0.05, 0.1) is 17.5 Å². The molecule has 88 valence electrons. The van der Waals surface area contributed by atoms with Crippen LogP contribution in [0, 0.1) is 5.82 Å². The summed E-state index contributed by atoms with van der Waals surface area (Å²) in [6.45, 7) is 2.86. The molecule has 0 aliphatic rings. The minimum absolute atomic E-state index is 0.146. The van der Waals surface area contributed by atoms with Gasteiger partial charge < -0.3 is 10.1 Å². The predicted molar refractivity (Wildman–Crippen MR) is 63.8 cm³/mol. The lowest BCUT2D eigenvalue weighted by Crippen LogP contribution is -2.14. The maximum Gasteiger partial charge on any atom is 0.226 e. The van der Waals surface area contributed by atoms with Crippen LogP contribution in [0.15, 0.2) is 22.7 Å². The normalized spacial score (nSPS) is 10.2. The quantitative estimate of drug-likeness (QED) is 0.847. The van der Waals surface area contributed by atoms with Gasteiger partial charge in [-0.25, -0.2) is 4.39 Å². The van der Waals surface area contributed by atoms with Crippen LogP contribution in [-0.4, -0.2) is 19.1 Å². The number of carbonyl (C=O) groups is 1. The van der Waals surface area contributed by atoms with Gasteiger partial charge in [0.1, 0.15) is 5.82 Å². The van der Waals surface area contributed by atoms with Crippen molar-refractivity contribution < 1.29 is 13.9 Å². The maximum atomic E-state index is 12.9. The van der Waals surface area contributed by atoms with Crippen molar-refractivity contribution in [2.24, 2.45) is 0 Å². The number of rotatable bonds is 5. The van der Waals surface area contributed by atoms with E-state index in [1.165, 1.54) is 18.2 Å². The molecule has 0 aromatic heterocycles. The molecule has 0 fully saturated rings. The molecule has 0 radical (unpaired) electrons. The van der Waals surface area contributed by atoms with Crippen molar-refractivity contribution in [3.05, 3.63) is 28.5 Å². The number of carbonyl (C=O) groups excluding carboxylic acids is 1. The fourth-order valence-corrected chi connectivity index (χ4v) is 1.49. The lowest BCUT2D eigenvalue weighted by atomic mass is 10.3. The van der Waals surface area contributed by atoms with Crippen molar-refractivity contribution in [2.75, 3.05) is 18.5 Å². The molecule has 0 unspecified atom stereocenters. The van der Waals surface area contributed by atoms with Gasteiger partial charge in [-0.05, 0) is 41.1 Å². The Morgan fingerprint density at radius 1 is 1.56 bits per heavy atom. The Labute approximate surface area is 102 Å². The van der Waals surface area contributed by atoms with Crippen LogP contribution in [-0.2, 0) is 9.53 Å². The molecule has 0 aliphatic heterocycles. The molecule has 0 spiro atoms. The number of hydrogen-bond donors (Lipinski definition) is 1. The van der Waals surface area contributed by atoms with E-state index in [1.54, 1.807) is 0 Å². The highest BCUT2D eigenvalue weighted by molar-refractivity contribution is 9.10. The molecule has 5 heteroatoms. The molecular formula is C11H13BrFNO2. The second-order valence-corrected chi connectivity index (χ2v) is 3.98. The van der Waals surface area contributed by atoms with Gasteiger partial charge in [0.15, 0.2) is 0 Å². The Morgan fingerprint density at radius 3 is 2.94 bits per heavy atom. The van der Waals surface area contributed by atoms with E-state index in [9.17, 15) is 9.18 Å². The summed E-state index contributed by atoms with van der Waals surface area (Å²) in [7, 11) is 0. The molecule has 3 nitrogen and oxygen atoms in total. The van der Waals surface area contributed by atoms with Gasteiger partial charge in [-0.1, -0.05) is 0 Å². The summed E-state index contributed by atoms with van der Waals surface area (Å²) in [5.74, 6) is -0.501. The minimum Gasteiger partial charge on any atom is -0.381 e. The molecule has 1 amide bonds. The number of nitrogens with one attached hydrogen (secondary N) is 1. The summed E-state index contributed by atoms with van der Waals surface area (Å²) >= 11 is 3.05. The van der Waals surface area contributed by atoms with Gasteiger partial charge in [-0.2, -0.15) is 0 Å². The zero-order valence-electron chi connectivity index (χ0n) is 8.93. The van der Waals surface area contributed by atoms with E-state index in [0.717, 1.165) is 0 Å². The van der Waals surface area contributed by atoms with Crippen molar-refractivity contribution >= 4 is 27.5 Å². The number of anilines is 1. The molecule has 0 heterocycles. The van der Waals surface area contributed by atoms with E-state index in [-0.39, 0.29) is 11.7 Å². The monoisotopic (exact) mass is 289 g/mol. The van der Waals surface area contributed by atoms with E-state index in [1.807, 2.05) is 6.92 Å². The lowest BCUT2D eigenvalue weighted by molar-refractivity contribution is -0.117. The zero-order chi connectivity index (χ0) is 12.0. The van der Waals surface area contributed by atoms with Gasteiger partial charge in [0.25, 0.3) is 0 Å². The smallest absolute Gasteiger partial charge is 0.226 e. The summed E-state index contributed by atoms with van der Waals surface area (Å²) in [6, 6.07) is 4.33. The van der Waals surface area contributed by atoms with E-state index >= 15 is 0 Å². The number of ether oxygens (including phenoxy) is 1. The number of hydrogen-bond acceptors (Lipinski definition) is 2. The zero-order valence-corrected chi connectivity index (χ0v) is 10.5. The van der Waals surface area contributed by atoms with Gasteiger partial charge in [0.2, 0.25) is 5.91 Å². The summed E-state index contributed by atoms with van der Waals surface area (Å²) in [6.07, 6.45) is 0.294. The minimum atomic E-state index is -0.354. The molecule has 16 heavy (non-hydrogen) atoms. The van der Waals surface area contributed by atoms with Gasteiger partial charge in [-0.15, -0.1) is 0 Å². The van der Waals surface area contributed by atoms with Crippen molar-refractivity contribution in [3.8, 4) is 0 Å². The maximum absolute atomic E-state index is 12.9. The summed E-state index contributed by atoms with van der Waals surface area (Å²) < 4.78 is 18.3. The highest BCUT2D eigenvalue weighted by atomic mass is 79.9. The van der Waals surface area contributed by atoms with E-state index in [4.69, 9.17) is 4.74 Å². The summed E-state index contributed by atoms with van der Waals surface area (Å²) in [5, 5.41) is 2.65. The first-order chi connectivity index (χ1) is 7.63. The average molecular weight is 290 g/mol. The Hall–Kier alpha value is -0.940. The first-order valence-corrected chi connectivity index (χ1v) is 5.75. The number of amides is 1. The van der Waals surface area contributed by atoms with Gasteiger partial charge >= 0.3 is 0 Å². The predicted octanol–water partition coefficient (Wildman–Crippen LogP) is 2.95. The highest BCUT2D eigenvalue weighted by Gasteiger charge is 2.04. The molecule has 0 saturated carbocycles. The Balaban J connectivity index is 2.46. The highest BCUT2D eigenvalue weighted by Crippen LogP contribution is 2.19. The largest absolute Gasteiger partial charge is 0.381 e. The van der Waals surface area contributed by atoms with Crippen LogP contribution in [0.2, 0.25) is 0 Å². The van der Waals surface area contributed by atoms with E-state index < -0.39 is 0 Å². The third kappa shape index (κ3) is 4.28. The van der Waals surface area contributed by atoms with Gasteiger partial charge in [0, 0.05) is 12.3 Å². The first kappa shape index (κ1) is 13.1. The Bertz CT molecular complexity index is 371. The molecular weight excluding hydrogens is 277 g/mol. The molecule has 0 aliphatic carbocycles. The number of halogens is 2. The van der Waals surface area contributed by atoms with Crippen molar-refractivity contribution in [3.63, 3.8) is 0 Å². The second-order valence-electron chi connectivity index (χ2n) is 3.12. The van der Waals surface area contributed by atoms with Crippen LogP contribution in [0.1, 0.15) is 13.3 Å². The van der Waals surface area contributed by atoms with Gasteiger partial charge in [-0.3, -0.25) is 4.79 Å². The molecule has 1 aromatic rings. The Morgan fingerprint density at radius 2 is 2.31 bits per heavy atom. The average Bonchev–Trinajstić information content (AvgIpc) is 2.24. The van der Waals surface area contributed by atoms with Crippen molar-refractivity contribution in [1.82, 2.24) is 0 Å². The lowest BCUT2D eigenvalue weighted by Gasteiger charge is -2.06. The van der Waals surface area contributed by atoms with E-state index in [2.05, 4.69) is 21.2 Å². The van der Waals surface area contributed by atoms with Crippen molar-refractivity contribution in [1.29, 1.82) is 0 Å². The number of benzene rings is 1. The SMILES string of the molecule is CCOCCC(=O)Nc1ccc(F)c(Br)c1. The molecule has 0 bridgehead atoms. The fraction of sp³-hybridized carbons (Fsp3) is 0.364. The molecule has 1 aromatic carbocycles. The summed E-state index contributed by atoms with van der Waals surface area (Å²) in [5.41, 5.74) is 0.565. The molecule has 1 rings (SSSR count). The second kappa shape index (κ2) is 6.60. The fourth-order valence-electron chi connectivity index (χ4n) is 1.11. The van der Waals surface area contributed by atoms with Crippen LogP contribution in [0.3, 0.4) is 0 Å². The van der Waals surface area contributed by atoms with Crippen LogP contribution in [0.4, 0.5) is 10.1 Å². The summed E-state index contributed by atoms with van der Waals surface area (Å²) in [4.78, 5) is 11.4. The van der Waals surface area contributed by atoms with Crippen LogP contribution >= 0.6 is 15.9 Å². The van der Waals surface area contributed by atoms with Crippen LogP contribution in [0.25, 0.3) is 0 Å². The Kier molecular flexibility index (Phi) is 5.42. The topological polar surface area (TPSA) is 38.3 Å².